The summed E-state index contributed by atoms with van der Waals surface area (Å²) in [4.78, 5) is 2.36. The van der Waals surface area contributed by atoms with Crippen LogP contribution in [0.5, 0.6) is 5.75 Å². The molecule has 0 aliphatic carbocycles. The Kier molecular flexibility index (Phi) is 4.63. The highest BCUT2D eigenvalue weighted by molar-refractivity contribution is 5.71. The average molecular weight is 259 g/mol. The summed E-state index contributed by atoms with van der Waals surface area (Å²) < 4.78 is 10.6. The van der Waals surface area contributed by atoms with Crippen molar-refractivity contribution in [2.75, 3.05) is 20.4 Å². The van der Waals surface area contributed by atoms with E-state index in [9.17, 15) is 0 Å². The molecule has 1 aromatic carbocycles. The second-order valence-electron chi connectivity index (χ2n) is 4.77. The molecule has 19 heavy (non-hydrogen) atoms. The molecule has 1 aliphatic rings. The first-order chi connectivity index (χ1) is 9.24. The smallest absolute Gasteiger partial charge is 0.188 e. The zero-order chi connectivity index (χ0) is 13.7. The highest BCUT2D eigenvalue weighted by atomic mass is 16.7. The summed E-state index contributed by atoms with van der Waals surface area (Å²) in [6, 6.07) is 8.53. The molecular weight excluding hydrogens is 238 g/mol. The van der Waals surface area contributed by atoms with Gasteiger partial charge in [-0.15, -0.1) is 0 Å². The Bertz CT molecular complexity index is 477. The van der Waals surface area contributed by atoms with Gasteiger partial charge in [0, 0.05) is 31.0 Å². The first-order valence-corrected chi connectivity index (χ1v) is 6.58. The molecule has 0 spiro atoms. The van der Waals surface area contributed by atoms with Crippen LogP contribution in [0.3, 0.4) is 0 Å². The molecule has 0 N–H and O–H groups in total. The third-order valence-corrected chi connectivity index (χ3v) is 3.12. The fourth-order valence-electron chi connectivity index (χ4n) is 2.19. The number of benzene rings is 1. The summed E-state index contributed by atoms with van der Waals surface area (Å²) in [5.41, 5.74) is 2.31. The van der Waals surface area contributed by atoms with Crippen LogP contribution in [0.15, 0.2) is 42.5 Å². The van der Waals surface area contributed by atoms with Gasteiger partial charge in [0.05, 0.1) is 0 Å². The first-order valence-electron chi connectivity index (χ1n) is 6.58. The molecule has 0 saturated carbocycles. The number of rotatable bonds is 5. The lowest BCUT2D eigenvalue weighted by atomic mass is 10.1. The molecule has 3 nitrogen and oxygen atoms in total. The van der Waals surface area contributed by atoms with Crippen molar-refractivity contribution in [3.63, 3.8) is 0 Å². The molecular formula is C16H21NO2. The molecule has 102 valence electrons. The number of hydrogen-bond acceptors (Lipinski definition) is 3. The van der Waals surface area contributed by atoms with Crippen molar-refractivity contribution >= 4 is 5.70 Å². The molecule has 3 heteroatoms. The second-order valence-corrected chi connectivity index (χ2v) is 4.77. The maximum absolute atomic E-state index is 5.65. The summed E-state index contributed by atoms with van der Waals surface area (Å²) in [5.74, 6) is 0.858. The first kappa shape index (κ1) is 13.7. The topological polar surface area (TPSA) is 21.7 Å². The zero-order valence-electron chi connectivity index (χ0n) is 11.8. The normalized spacial score (nSPS) is 14.7. The van der Waals surface area contributed by atoms with E-state index in [0.29, 0.717) is 6.04 Å². The largest absolute Gasteiger partial charge is 0.467 e. The molecule has 1 heterocycles. The Morgan fingerprint density at radius 1 is 1.26 bits per heavy atom. The summed E-state index contributed by atoms with van der Waals surface area (Å²) in [7, 11) is 1.63. The number of methoxy groups -OCH3 is 1. The van der Waals surface area contributed by atoms with Crippen LogP contribution in [0, 0.1) is 0 Å². The van der Waals surface area contributed by atoms with Gasteiger partial charge in [-0.25, -0.2) is 0 Å². The minimum Gasteiger partial charge on any atom is -0.467 e. The average Bonchev–Trinajstić information content (AvgIpc) is 2.45. The molecule has 0 aromatic heterocycles. The number of para-hydroxylation sites is 1. The summed E-state index contributed by atoms with van der Waals surface area (Å²) in [6.45, 7) is 5.60. The monoisotopic (exact) mass is 259 g/mol. The van der Waals surface area contributed by atoms with Crippen LogP contribution in [-0.4, -0.2) is 31.4 Å². The van der Waals surface area contributed by atoms with Crippen molar-refractivity contribution in [2.45, 2.75) is 19.9 Å². The standard InChI is InChI=1S/C16H21NO2/c1-13(2)17-11-7-6-9-15(17)14-8-4-5-10-16(14)19-12-18-3/h4-10,13H,11-12H2,1-3H3. The van der Waals surface area contributed by atoms with Gasteiger partial charge in [-0.1, -0.05) is 24.3 Å². The van der Waals surface area contributed by atoms with Crippen LogP contribution in [0.4, 0.5) is 0 Å². The Labute approximate surface area is 115 Å². The van der Waals surface area contributed by atoms with E-state index in [-0.39, 0.29) is 6.79 Å². The molecule has 1 aliphatic heterocycles. The van der Waals surface area contributed by atoms with E-state index in [1.54, 1.807) is 7.11 Å². The third-order valence-electron chi connectivity index (χ3n) is 3.12. The maximum Gasteiger partial charge on any atom is 0.188 e. The second kappa shape index (κ2) is 6.43. The molecule has 0 radical (unpaired) electrons. The van der Waals surface area contributed by atoms with Gasteiger partial charge in [0.1, 0.15) is 5.75 Å². The fourth-order valence-corrected chi connectivity index (χ4v) is 2.19. The Hall–Kier alpha value is -1.74. The number of ether oxygens (including phenoxy) is 2. The Balaban J connectivity index is 2.34. The van der Waals surface area contributed by atoms with Crippen LogP contribution in [-0.2, 0) is 4.74 Å². The van der Waals surface area contributed by atoms with E-state index in [4.69, 9.17) is 9.47 Å². The summed E-state index contributed by atoms with van der Waals surface area (Å²) in [6.07, 6.45) is 6.40. The Morgan fingerprint density at radius 2 is 2.05 bits per heavy atom. The lowest BCUT2D eigenvalue weighted by molar-refractivity contribution is 0.0508. The molecule has 0 fully saturated rings. The van der Waals surface area contributed by atoms with Crippen molar-refractivity contribution in [2.24, 2.45) is 0 Å². The highest BCUT2D eigenvalue weighted by Gasteiger charge is 2.18. The van der Waals surface area contributed by atoms with Gasteiger partial charge in [0.25, 0.3) is 0 Å². The Morgan fingerprint density at radius 3 is 2.79 bits per heavy atom. The van der Waals surface area contributed by atoms with Gasteiger partial charge >= 0.3 is 0 Å². The molecule has 1 aromatic rings. The molecule has 0 unspecified atom stereocenters. The van der Waals surface area contributed by atoms with Crippen LogP contribution >= 0.6 is 0 Å². The SMILES string of the molecule is COCOc1ccccc1C1=CC=CCN1C(C)C. The van der Waals surface area contributed by atoms with Gasteiger partial charge in [-0.05, 0) is 32.1 Å². The number of nitrogens with zero attached hydrogens (tertiary/aromatic N) is 1. The van der Waals surface area contributed by atoms with Crippen LogP contribution in [0.2, 0.25) is 0 Å². The number of allylic oxidation sites excluding steroid dienone is 2. The van der Waals surface area contributed by atoms with Gasteiger partial charge in [-0.3, -0.25) is 0 Å². The molecule has 0 amide bonds. The lowest BCUT2D eigenvalue weighted by Crippen LogP contribution is -2.31. The molecule has 2 rings (SSSR count). The van der Waals surface area contributed by atoms with Crippen LogP contribution in [0.1, 0.15) is 19.4 Å². The van der Waals surface area contributed by atoms with E-state index < -0.39 is 0 Å². The van der Waals surface area contributed by atoms with Crippen molar-refractivity contribution in [3.8, 4) is 5.75 Å². The maximum atomic E-state index is 5.65. The van der Waals surface area contributed by atoms with E-state index >= 15 is 0 Å². The quantitative estimate of drug-likeness (QED) is 0.757. The molecule has 0 atom stereocenters. The van der Waals surface area contributed by atoms with E-state index in [1.807, 2.05) is 18.2 Å². The van der Waals surface area contributed by atoms with Crippen molar-refractivity contribution in [3.05, 3.63) is 48.1 Å². The van der Waals surface area contributed by atoms with Crippen molar-refractivity contribution in [1.29, 1.82) is 0 Å². The fraction of sp³-hybridized carbons (Fsp3) is 0.375. The summed E-state index contributed by atoms with van der Waals surface area (Å²) in [5, 5.41) is 0. The van der Waals surface area contributed by atoms with E-state index in [2.05, 4.69) is 43.0 Å². The van der Waals surface area contributed by atoms with E-state index in [0.717, 1.165) is 17.9 Å². The van der Waals surface area contributed by atoms with Crippen molar-refractivity contribution in [1.82, 2.24) is 4.90 Å². The van der Waals surface area contributed by atoms with Gasteiger partial charge in [0.15, 0.2) is 6.79 Å². The predicted octanol–water partition coefficient (Wildman–Crippen LogP) is 3.29. The van der Waals surface area contributed by atoms with Crippen molar-refractivity contribution < 1.29 is 9.47 Å². The summed E-state index contributed by atoms with van der Waals surface area (Å²) >= 11 is 0. The van der Waals surface area contributed by atoms with Crippen LogP contribution in [0.25, 0.3) is 5.70 Å². The highest BCUT2D eigenvalue weighted by Crippen LogP contribution is 2.31. The van der Waals surface area contributed by atoms with E-state index in [1.165, 1.54) is 5.70 Å². The minimum absolute atomic E-state index is 0.266. The third kappa shape index (κ3) is 3.18. The molecule has 0 bridgehead atoms. The number of hydrogen-bond donors (Lipinski definition) is 0. The van der Waals surface area contributed by atoms with Crippen LogP contribution < -0.4 is 4.74 Å². The molecule has 0 saturated heterocycles. The zero-order valence-corrected chi connectivity index (χ0v) is 11.8. The minimum atomic E-state index is 0.266. The van der Waals surface area contributed by atoms with Gasteiger partial charge in [-0.2, -0.15) is 0 Å². The van der Waals surface area contributed by atoms with Gasteiger partial charge < -0.3 is 14.4 Å². The van der Waals surface area contributed by atoms with Gasteiger partial charge in [0.2, 0.25) is 0 Å². The lowest BCUT2D eigenvalue weighted by Gasteiger charge is -2.32. The predicted molar refractivity (Wildman–Crippen MR) is 77.9 cm³/mol.